The van der Waals surface area contributed by atoms with Gasteiger partial charge >= 0.3 is 0 Å². The minimum Gasteiger partial charge on any atom is -0.377 e. The first-order valence-electron chi connectivity index (χ1n) is 9.34. The van der Waals surface area contributed by atoms with Crippen molar-refractivity contribution >= 4 is 16.9 Å². The Labute approximate surface area is 161 Å². The van der Waals surface area contributed by atoms with Gasteiger partial charge in [0.2, 0.25) is 0 Å². The molecule has 144 valence electrons. The van der Waals surface area contributed by atoms with E-state index in [0.29, 0.717) is 13.2 Å². The van der Waals surface area contributed by atoms with Crippen molar-refractivity contribution < 1.29 is 4.74 Å². The van der Waals surface area contributed by atoms with Gasteiger partial charge in [0, 0.05) is 38.6 Å². The molecule has 0 aliphatic carbocycles. The molecule has 0 amide bonds. The summed E-state index contributed by atoms with van der Waals surface area (Å²) in [6.45, 7) is 4.36. The number of aryl methyl sites for hydroxylation is 2. The number of morpholine rings is 1. The summed E-state index contributed by atoms with van der Waals surface area (Å²) in [5.74, 6) is 0.921. The Kier molecular flexibility index (Phi) is 3.90. The average molecular weight is 378 g/mol. The van der Waals surface area contributed by atoms with E-state index in [-0.39, 0.29) is 6.04 Å². The van der Waals surface area contributed by atoms with Gasteiger partial charge in [0.05, 0.1) is 30.5 Å². The van der Waals surface area contributed by atoms with Crippen LogP contribution >= 0.6 is 0 Å². The lowest BCUT2D eigenvalue weighted by atomic mass is 10.1. The lowest BCUT2D eigenvalue weighted by Crippen LogP contribution is -2.44. The molecule has 0 spiro atoms. The number of rotatable bonds is 3. The normalized spacial score (nSPS) is 17.5. The quantitative estimate of drug-likeness (QED) is 0.586. The maximum Gasteiger partial charge on any atom is 0.139 e. The summed E-state index contributed by atoms with van der Waals surface area (Å²) >= 11 is 0. The van der Waals surface area contributed by atoms with Gasteiger partial charge in [0.1, 0.15) is 22.7 Å². The number of nitrogens with one attached hydrogen (secondary N) is 1. The van der Waals surface area contributed by atoms with Crippen LogP contribution in [0.3, 0.4) is 0 Å². The average Bonchev–Trinajstić information content (AvgIpc) is 3.42. The van der Waals surface area contributed by atoms with Crippen LogP contribution in [0, 0.1) is 0 Å². The molecule has 1 aliphatic rings. The number of pyridine rings is 1. The highest BCUT2D eigenvalue weighted by atomic mass is 16.5. The number of anilines is 1. The Bertz CT molecular complexity index is 1130. The number of nitrogens with zero attached hydrogens (tertiary/aromatic N) is 7. The molecular formula is C19H22N8O. The fourth-order valence-corrected chi connectivity index (χ4v) is 3.88. The highest BCUT2D eigenvalue weighted by molar-refractivity contribution is 5.99. The second-order valence-corrected chi connectivity index (χ2v) is 7.11. The molecule has 1 fully saturated rings. The van der Waals surface area contributed by atoms with Crippen molar-refractivity contribution in [2.24, 2.45) is 14.1 Å². The van der Waals surface area contributed by atoms with E-state index in [0.717, 1.165) is 46.0 Å². The number of aromatic nitrogens is 7. The van der Waals surface area contributed by atoms with Crippen molar-refractivity contribution in [1.29, 1.82) is 0 Å². The van der Waals surface area contributed by atoms with Crippen LogP contribution in [0.25, 0.3) is 33.7 Å². The van der Waals surface area contributed by atoms with Gasteiger partial charge in [0.25, 0.3) is 0 Å². The van der Waals surface area contributed by atoms with E-state index >= 15 is 0 Å². The van der Waals surface area contributed by atoms with Crippen LogP contribution in [0.2, 0.25) is 0 Å². The first-order valence-corrected chi connectivity index (χ1v) is 9.34. The van der Waals surface area contributed by atoms with Gasteiger partial charge in [-0.15, -0.1) is 0 Å². The van der Waals surface area contributed by atoms with E-state index in [2.05, 4.69) is 33.2 Å². The van der Waals surface area contributed by atoms with E-state index in [4.69, 9.17) is 14.8 Å². The molecule has 0 bridgehead atoms. The summed E-state index contributed by atoms with van der Waals surface area (Å²) in [6.07, 6.45) is 3.61. The molecule has 9 nitrogen and oxygen atoms in total. The van der Waals surface area contributed by atoms with Crippen LogP contribution in [0.5, 0.6) is 0 Å². The molecule has 1 atom stereocenters. The van der Waals surface area contributed by atoms with Crippen LogP contribution in [0.4, 0.5) is 5.82 Å². The molecule has 1 unspecified atom stereocenters. The predicted octanol–water partition coefficient (Wildman–Crippen LogP) is 1.98. The number of ether oxygens (including phenoxy) is 1. The molecular weight excluding hydrogens is 356 g/mol. The summed E-state index contributed by atoms with van der Waals surface area (Å²) < 4.78 is 9.37. The highest BCUT2D eigenvalue weighted by Gasteiger charge is 2.25. The zero-order valence-corrected chi connectivity index (χ0v) is 16.1. The maximum atomic E-state index is 5.62. The largest absolute Gasteiger partial charge is 0.377 e. The van der Waals surface area contributed by atoms with Crippen molar-refractivity contribution in [2.75, 3.05) is 24.7 Å². The Balaban J connectivity index is 1.80. The summed E-state index contributed by atoms with van der Waals surface area (Å²) in [4.78, 5) is 7.33. The van der Waals surface area contributed by atoms with Crippen LogP contribution in [0.1, 0.15) is 6.92 Å². The molecule has 9 heteroatoms. The smallest absolute Gasteiger partial charge is 0.139 e. The second kappa shape index (κ2) is 6.45. The third kappa shape index (κ3) is 2.58. The van der Waals surface area contributed by atoms with Gasteiger partial charge in [-0.05, 0) is 25.1 Å². The minimum atomic E-state index is 0.253. The third-order valence-corrected chi connectivity index (χ3v) is 5.28. The first-order chi connectivity index (χ1) is 13.6. The first kappa shape index (κ1) is 16.9. The Hall–Kier alpha value is -3.20. The molecule has 1 aliphatic heterocycles. The summed E-state index contributed by atoms with van der Waals surface area (Å²) in [6, 6.07) is 6.32. The van der Waals surface area contributed by atoms with Gasteiger partial charge in [-0.1, -0.05) is 0 Å². The van der Waals surface area contributed by atoms with Crippen LogP contribution in [-0.2, 0) is 18.8 Å². The van der Waals surface area contributed by atoms with Crippen molar-refractivity contribution in [3.05, 3.63) is 30.6 Å². The number of hydrogen-bond donors (Lipinski definition) is 1. The van der Waals surface area contributed by atoms with Crippen molar-refractivity contribution in [3.8, 4) is 22.6 Å². The van der Waals surface area contributed by atoms with Crippen molar-refractivity contribution in [2.45, 2.75) is 13.0 Å². The topological polar surface area (TPSA) is 89.7 Å². The summed E-state index contributed by atoms with van der Waals surface area (Å²) in [5.41, 5.74) is 5.42. The van der Waals surface area contributed by atoms with Gasteiger partial charge in [-0.2, -0.15) is 15.3 Å². The Morgan fingerprint density at radius 1 is 1.21 bits per heavy atom. The predicted molar refractivity (Wildman–Crippen MR) is 106 cm³/mol. The lowest BCUT2D eigenvalue weighted by molar-refractivity contribution is 0.0986. The van der Waals surface area contributed by atoms with E-state index in [9.17, 15) is 0 Å². The van der Waals surface area contributed by atoms with Crippen LogP contribution in [-0.4, -0.2) is 60.5 Å². The van der Waals surface area contributed by atoms with E-state index in [1.54, 1.807) is 6.20 Å². The molecule has 0 aromatic carbocycles. The Morgan fingerprint density at radius 3 is 2.82 bits per heavy atom. The fourth-order valence-electron chi connectivity index (χ4n) is 3.88. The van der Waals surface area contributed by atoms with Crippen molar-refractivity contribution in [1.82, 2.24) is 34.7 Å². The number of H-pyrrole nitrogens is 1. The fraction of sp³-hybridized carbons (Fsp3) is 0.368. The van der Waals surface area contributed by atoms with Gasteiger partial charge in [-0.25, -0.2) is 4.98 Å². The molecule has 5 rings (SSSR count). The highest BCUT2D eigenvalue weighted by Crippen LogP contribution is 2.35. The van der Waals surface area contributed by atoms with Gasteiger partial charge in [0.15, 0.2) is 0 Å². The third-order valence-electron chi connectivity index (χ3n) is 5.28. The maximum absolute atomic E-state index is 5.62. The SMILES string of the molecule is CC1COCCN1c1cc(-c2ccnn2C)c2c(n1)c(-c1cc[nH]n1)nn2C. The molecule has 4 aromatic rings. The zero-order chi connectivity index (χ0) is 19.3. The van der Waals surface area contributed by atoms with Crippen LogP contribution in [0.15, 0.2) is 30.6 Å². The van der Waals surface area contributed by atoms with Crippen LogP contribution < -0.4 is 4.90 Å². The zero-order valence-electron chi connectivity index (χ0n) is 16.1. The standard InChI is InChI=1S/C19H22N8O/c1-12-11-28-9-8-27(12)16-10-13(15-5-7-21-25(15)2)19-18(22-16)17(24-26(19)3)14-4-6-20-23-14/h4-7,10,12H,8-9,11H2,1-3H3,(H,20,23). The molecule has 0 radical (unpaired) electrons. The van der Waals surface area contributed by atoms with Crippen molar-refractivity contribution in [3.63, 3.8) is 0 Å². The van der Waals surface area contributed by atoms with E-state index < -0.39 is 0 Å². The molecule has 1 saturated heterocycles. The molecule has 28 heavy (non-hydrogen) atoms. The molecule has 5 heterocycles. The van der Waals surface area contributed by atoms with E-state index in [1.165, 1.54) is 0 Å². The number of fused-ring (bicyclic) bond motifs is 1. The lowest BCUT2D eigenvalue weighted by Gasteiger charge is -2.34. The minimum absolute atomic E-state index is 0.253. The van der Waals surface area contributed by atoms with E-state index in [1.807, 2.05) is 41.8 Å². The number of aromatic amines is 1. The summed E-state index contributed by atoms with van der Waals surface area (Å²) in [5, 5.41) is 16.3. The van der Waals surface area contributed by atoms with Gasteiger partial charge in [-0.3, -0.25) is 14.5 Å². The Morgan fingerprint density at radius 2 is 2.11 bits per heavy atom. The monoisotopic (exact) mass is 378 g/mol. The number of hydrogen-bond acceptors (Lipinski definition) is 6. The molecule has 4 aromatic heterocycles. The second-order valence-electron chi connectivity index (χ2n) is 7.11. The molecule has 0 saturated carbocycles. The summed E-state index contributed by atoms with van der Waals surface area (Å²) in [7, 11) is 3.89. The van der Waals surface area contributed by atoms with Gasteiger partial charge < -0.3 is 9.64 Å². The molecule has 1 N–H and O–H groups in total.